The van der Waals surface area contributed by atoms with Gasteiger partial charge < -0.3 is 9.84 Å². The Hall–Kier alpha value is -1.16. The summed E-state index contributed by atoms with van der Waals surface area (Å²) in [6, 6.07) is 0. The first kappa shape index (κ1) is 25.1. The zero-order valence-electron chi connectivity index (χ0n) is 19.5. The number of fused-ring (bicyclic) bond motifs is 1. The number of Topliss-reactive ketones (excluding diaryl/α,β-unsaturated/α-hetero) is 1. The fourth-order valence-electron chi connectivity index (χ4n) is 5.45. The van der Waals surface area contributed by atoms with Crippen molar-refractivity contribution in [2.45, 2.75) is 122 Å². The molecule has 0 spiro atoms. The van der Waals surface area contributed by atoms with Crippen LogP contribution in [-0.4, -0.2) is 28.6 Å². The monoisotopic (exact) mass is 420 g/mol. The van der Waals surface area contributed by atoms with Gasteiger partial charge in [-0.3, -0.25) is 9.59 Å². The van der Waals surface area contributed by atoms with Crippen LogP contribution in [0, 0.1) is 17.8 Å². The van der Waals surface area contributed by atoms with Gasteiger partial charge in [-0.1, -0.05) is 51.2 Å². The Bertz CT molecular complexity index is 567. The number of esters is 1. The van der Waals surface area contributed by atoms with Gasteiger partial charge in [0, 0.05) is 18.8 Å². The second-order valence-corrected chi connectivity index (χ2v) is 9.97. The molecule has 2 aliphatic carbocycles. The van der Waals surface area contributed by atoms with Crippen LogP contribution in [0.2, 0.25) is 0 Å². The fraction of sp³-hybridized carbons (Fsp3) is 0.846. The molecule has 1 N–H and O–H groups in total. The minimum Gasteiger partial charge on any atom is -0.463 e. The molecule has 0 bridgehead atoms. The molecule has 4 heteroatoms. The van der Waals surface area contributed by atoms with Crippen LogP contribution in [0.3, 0.4) is 0 Å². The number of unbranched alkanes of at least 4 members (excludes halogenated alkanes) is 5. The zero-order chi connectivity index (χ0) is 22.0. The smallest absolute Gasteiger partial charge is 0.306 e. The lowest BCUT2D eigenvalue weighted by Gasteiger charge is -2.40. The van der Waals surface area contributed by atoms with Gasteiger partial charge in [-0.05, 0) is 70.6 Å². The summed E-state index contributed by atoms with van der Waals surface area (Å²) >= 11 is 0. The highest BCUT2D eigenvalue weighted by Gasteiger charge is 2.48. The summed E-state index contributed by atoms with van der Waals surface area (Å²) < 4.78 is 5.14. The van der Waals surface area contributed by atoms with Gasteiger partial charge in [-0.15, -0.1) is 0 Å². The maximum atomic E-state index is 12.6. The van der Waals surface area contributed by atoms with Crippen molar-refractivity contribution in [3.63, 3.8) is 0 Å². The lowest BCUT2D eigenvalue weighted by molar-refractivity contribution is -0.147. The van der Waals surface area contributed by atoms with Crippen LogP contribution in [0.15, 0.2) is 12.2 Å². The molecule has 4 atom stereocenters. The molecule has 0 amide bonds. The standard InChI is InChI=1S/C26H44O4/c1-4-5-6-9-12-16-26(29)17-15-22-21(19-26)18-24(27)23(22)13-10-7-8-11-14-25(28)30-20(2)3/h7,10,20-23,29H,4-6,8-9,11-19H2,1-3H3/b10-7-/t21-,22-,23+,26?/m0/s1. The van der Waals surface area contributed by atoms with E-state index in [1.54, 1.807) is 0 Å². The van der Waals surface area contributed by atoms with E-state index in [4.69, 9.17) is 4.74 Å². The van der Waals surface area contributed by atoms with E-state index in [9.17, 15) is 14.7 Å². The maximum absolute atomic E-state index is 12.6. The first-order valence-electron chi connectivity index (χ1n) is 12.4. The summed E-state index contributed by atoms with van der Waals surface area (Å²) in [5.74, 6) is 1.21. The highest BCUT2D eigenvalue weighted by Crippen LogP contribution is 2.49. The van der Waals surface area contributed by atoms with Crippen molar-refractivity contribution in [2.24, 2.45) is 17.8 Å². The van der Waals surface area contributed by atoms with Gasteiger partial charge in [0.1, 0.15) is 5.78 Å². The molecule has 30 heavy (non-hydrogen) atoms. The Morgan fingerprint density at radius 1 is 1.20 bits per heavy atom. The van der Waals surface area contributed by atoms with Gasteiger partial charge in [0.25, 0.3) is 0 Å². The molecule has 2 rings (SSSR count). The van der Waals surface area contributed by atoms with Crippen molar-refractivity contribution >= 4 is 11.8 Å². The van der Waals surface area contributed by atoms with E-state index in [2.05, 4.69) is 19.1 Å². The van der Waals surface area contributed by atoms with E-state index in [1.807, 2.05) is 13.8 Å². The average molecular weight is 421 g/mol. The zero-order valence-corrected chi connectivity index (χ0v) is 19.5. The third kappa shape index (κ3) is 8.17. The van der Waals surface area contributed by atoms with E-state index in [-0.39, 0.29) is 18.0 Å². The molecule has 172 valence electrons. The molecular weight excluding hydrogens is 376 g/mol. The fourth-order valence-corrected chi connectivity index (χ4v) is 5.45. The molecule has 0 aliphatic heterocycles. The SMILES string of the molecule is CCCCCCCC1(O)CC[C@H]2[C@@H](CC(=O)[C@@H]2C/C=C\CCCC(=O)OC(C)C)C1. The molecule has 4 nitrogen and oxygen atoms in total. The van der Waals surface area contributed by atoms with E-state index >= 15 is 0 Å². The number of allylic oxidation sites excluding steroid dienone is 2. The summed E-state index contributed by atoms with van der Waals surface area (Å²) in [5, 5.41) is 11.1. The first-order chi connectivity index (χ1) is 14.3. The van der Waals surface area contributed by atoms with Crippen LogP contribution in [0.4, 0.5) is 0 Å². The highest BCUT2D eigenvalue weighted by atomic mass is 16.5. The van der Waals surface area contributed by atoms with Crippen molar-refractivity contribution in [3.05, 3.63) is 12.2 Å². The lowest BCUT2D eigenvalue weighted by Crippen LogP contribution is -2.38. The second kappa shape index (κ2) is 12.6. The van der Waals surface area contributed by atoms with E-state index < -0.39 is 5.60 Å². The molecule has 1 unspecified atom stereocenters. The van der Waals surface area contributed by atoms with Crippen molar-refractivity contribution in [2.75, 3.05) is 0 Å². The Labute approximate surface area is 183 Å². The van der Waals surface area contributed by atoms with Gasteiger partial charge in [-0.25, -0.2) is 0 Å². The molecule has 2 aliphatic rings. The van der Waals surface area contributed by atoms with Crippen molar-refractivity contribution in [3.8, 4) is 0 Å². The Balaban J connectivity index is 1.70. The van der Waals surface area contributed by atoms with Gasteiger partial charge >= 0.3 is 5.97 Å². The normalized spacial score (nSPS) is 29.0. The number of carbonyl (C=O) groups excluding carboxylic acids is 2. The summed E-state index contributed by atoms with van der Waals surface area (Å²) in [4.78, 5) is 24.2. The minimum atomic E-state index is -0.539. The number of hydrogen-bond donors (Lipinski definition) is 1. The molecular formula is C26H44O4. The summed E-state index contributed by atoms with van der Waals surface area (Å²) in [5.41, 5.74) is -0.539. The van der Waals surface area contributed by atoms with E-state index in [0.717, 1.165) is 51.4 Å². The predicted molar refractivity (Wildman–Crippen MR) is 121 cm³/mol. The van der Waals surface area contributed by atoms with Crippen molar-refractivity contribution in [1.82, 2.24) is 0 Å². The average Bonchev–Trinajstić information content (AvgIpc) is 2.97. The minimum absolute atomic E-state index is 0.0522. The first-order valence-corrected chi connectivity index (χ1v) is 12.4. The van der Waals surface area contributed by atoms with Gasteiger partial charge in [-0.2, -0.15) is 0 Å². The van der Waals surface area contributed by atoms with Crippen molar-refractivity contribution < 1.29 is 19.4 Å². The quantitative estimate of drug-likeness (QED) is 0.220. The molecule has 2 saturated carbocycles. The van der Waals surface area contributed by atoms with Crippen LogP contribution in [0.5, 0.6) is 0 Å². The van der Waals surface area contributed by atoms with Crippen LogP contribution in [0.25, 0.3) is 0 Å². The Morgan fingerprint density at radius 2 is 1.97 bits per heavy atom. The van der Waals surface area contributed by atoms with Gasteiger partial charge in [0.05, 0.1) is 11.7 Å². The number of aliphatic hydroxyl groups is 1. The molecule has 0 saturated heterocycles. The van der Waals surface area contributed by atoms with Crippen LogP contribution in [0.1, 0.15) is 111 Å². The number of ketones is 1. The van der Waals surface area contributed by atoms with Crippen LogP contribution < -0.4 is 0 Å². The third-order valence-electron chi connectivity index (χ3n) is 7.01. The molecule has 0 heterocycles. The Morgan fingerprint density at radius 3 is 2.70 bits per heavy atom. The molecule has 0 radical (unpaired) electrons. The van der Waals surface area contributed by atoms with Gasteiger partial charge in [0.15, 0.2) is 0 Å². The Kier molecular flexibility index (Phi) is 10.6. The van der Waals surface area contributed by atoms with Gasteiger partial charge in [0.2, 0.25) is 0 Å². The van der Waals surface area contributed by atoms with Crippen LogP contribution >= 0.6 is 0 Å². The van der Waals surface area contributed by atoms with Crippen molar-refractivity contribution in [1.29, 1.82) is 0 Å². The second-order valence-electron chi connectivity index (χ2n) is 9.97. The summed E-state index contributed by atoms with van der Waals surface area (Å²) in [7, 11) is 0. The van der Waals surface area contributed by atoms with E-state index in [1.165, 1.54) is 25.7 Å². The largest absolute Gasteiger partial charge is 0.463 e. The molecule has 0 aromatic carbocycles. The van der Waals surface area contributed by atoms with Crippen LogP contribution in [-0.2, 0) is 14.3 Å². The summed E-state index contributed by atoms with van der Waals surface area (Å²) in [6.45, 7) is 5.95. The number of hydrogen-bond acceptors (Lipinski definition) is 4. The molecule has 2 fully saturated rings. The maximum Gasteiger partial charge on any atom is 0.306 e. The third-order valence-corrected chi connectivity index (χ3v) is 7.01. The molecule has 0 aromatic rings. The molecule has 0 aromatic heterocycles. The summed E-state index contributed by atoms with van der Waals surface area (Å²) in [6.07, 6.45) is 17.4. The number of rotatable bonds is 13. The number of carbonyl (C=O) groups is 2. The number of ether oxygens (including phenoxy) is 1. The predicted octanol–water partition coefficient (Wildman–Crippen LogP) is 6.15. The topological polar surface area (TPSA) is 63.6 Å². The highest BCUT2D eigenvalue weighted by molar-refractivity contribution is 5.84. The lowest BCUT2D eigenvalue weighted by atomic mass is 9.69. The van der Waals surface area contributed by atoms with E-state index in [0.29, 0.717) is 30.5 Å².